The van der Waals surface area contributed by atoms with Gasteiger partial charge in [-0.25, -0.2) is 0 Å². The average Bonchev–Trinajstić information content (AvgIpc) is 3.11. The highest BCUT2D eigenvalue weighted by Gasteiger charge is 2.36. The SMILES string of the molecule is CCOc1ccc(N2C[C@@H](C(=O)OCC(=O)Nc3ccc(C)c(C)c3)CC2=O)cc1. The minimum Gasteiger partial charge on any atom is -0.494 e. The molecule has 1 heterocycles. The Morgan fingerprint density at radius 1 is 1.10 bits per heavy atom. The van der Waals surface area contributed by atoms with Gasteiger partial charge < -0.3 is 19.7 Å². The van der Waals surface area contributed by atoms with Crippen LogP contribution >= 0.6 is 0 Å². The predicted molar refractivity (Wildman–Crippen MR) is 114 cm³/mol. The smallest absolute Gasteiger partial charge is 0.311 e. The Morgan fingerprint density at radius 2 is 1.83 bits per heavy atom. The van der Waals surface area contributed by atoms with E-state index in [0.717, 1.165) is 16.9 Å². The first-order chi connectivity index (χ1) is 14.4. The fourth-order valence-corrected chi connectivity index (χ4v) is 3.27. The zero-order chi connectivity index (χ0) is 21.7. The van der Waals surface area contributed by atoms with Crippen molar-refractivity contribution in [3.63, 3.8) is 0 Å². The molecule has 1 atom stereocenters. The molecule has 7 heteroatoms. The van der Waals surface area contributed by atoms with Gasteiger partial charge in [-0.2, -0.15) is 0 Å². The molecule has 1 aliphatic rings. The number of hydrogen-bond donors (Lipinski definition) is 1. The van der Waals surface area contributed by atoms with E-state index in [0.29, 0.717) is 18.0 Å². The monoisotopic (exact) mass is 410 g/mol. The van der Waals surface area contributed by atoms with Gasteiger partial charge >= 0.3 is 5.97 Å². The maximum Gasteiger partial charge on any atom is 0.311 e. The van der Waals surface area contributed by atoms with Crippen LogP contribution in [0.25, 0.3) is 0 Å². The second-order valence-corrected chi connectivity index (χ2v) is 7.29. The van der Waals surface area contributed by atoms with E-state index in [2.05, 4.69) is 5.32 Å². The number of aryl methyl sites for hydroxylation is 2. The molecule has 158 valence electrons. The lowest BCUT2D eigenvalue weighted by atomic mass is 10.1. The molecule has 7 nitrogen and oxygen atoms in total. The maximum absolute atomic E-state index is 12.4. The average molecular weight is 410 g/mol. The van der Waals surface area contributed by atoms with Gasteiger partial charge in [0.25, 0.3) is 5.91 Å². The minimum atomic E-state index is -0.599. The van der Waals surface area contributed by atoms with Crippen LogP contribution in [0, 0.1) is 19.8 Å². The van der Waals surface area contributed by atoms with Crippen molar-refractivity contribution in [2.45, 2.75) is 27.2 Å². The Labute approximate surface area is 176 Å². The van der Waals surface area contributed by atoms with Crippen LogP contribution in [-0.2, 0) is 19.1 Å². The van der Waals surface area contributed by atoms with Crippen LogP contribution in [0.2, 0.25) is 0 Å². The van der Waals surface area contributed by atoms with Crippen LogP contribution < -0.4 is 15.0 Å². The summed E-state index contributed by atoms with van der Waals surface area (Å²) >= 11 is 0. The van der Waals surface area contributed by atoms with Crippen molar-refractivity contribution in [3.05, 3.63) is 53.6 Å². The lowest BCUT2D eigenvalue weighted by Crippen LogP contribution is -2.28. The van der Waals surface area contributed by atoms with Gasteiger partial charge in [-0.1, -0.05) is 6.07 Å². The van der Waals surface area contributed by atoms with E-state index in [1.165, 1.54) is 0 Å². The van der Waals surface area contributed by atoms with E-state index in [1.54, 1.807) is 35.2 Å². The molecule has 1 aliphatic heterocycles. The number of carbonyl (C=O) groups excluding carboxylic acids is 3. The number of nitrogens with one attached hydrogen (secondary N) is 1. The Bertz CT molecular complexity index is 939. The fourth-order valence-electron chi connectivity index (χ4n) is 3.27. The van der Waals surface area contributed by atoms with E-state index in [1.807, 2.05) is 32.9 Å². The van der Waals surface area contributed by atoms with Gasteiger partial charge in [0.2, 0.25) is 5.91 Å². The molecule has 1 N–H and O–H groups in total. The zero-order valence-electron chi connectivity index (χ0n) is 17.4. The normalized spacial score (nSPS) is 15.8. The van der Waals surface area contributed by atoms with Gasteiger partial charge in [0.1, 0.15) is 5.75 Å². The zero-order valence-corrected chi connectivity index (χ0v) is 17.4. The molecule has 0 spiro atoms. The summed E-state index contributed by atoms with van der Waals surface area (Å²) < 4.78 is 10.6. The first kappa shape index (κ1) is 21.4. The molecule has 3 rings (SSSR count). The van der Waals surface area contributed by atoms with Crippen molar-refractivity contribution in [3.8, 4) is 5.75 Å². The molecule has 2 aromatic rings. The van der Waals surface area contributed by atoms with Crippen molar-refractivity contribution < 1.29 is 23.9 Å². The first-order valence-corrected chi connectivity index (χ1v) is 9.94. The van der Waals surface area contributed by atoms with Gasteiger partial charge in [0.05, 0.1) is 12.5 Å². The lowest BCUT2D eigenvalue weighted by molar-refractivity contribution is -0.151. The number of benzene rings is 2. The number of anilines is 2. The third-order valence-corrected chi connectivity index (χ3v) is 5.05. The van der Waals surface area contributed by atoms with E-state index in [-0.39, 0.29) is 25.5 Å². The summed E-state index contributed by atoms with van der Waals surface area (Å²) in [6, 6.07) is 12.7. The molecule has 30 heavy (non-hydrogen) atoms. The summed E-state index contributed by atoms with van der Waals surface area (Å²) in [5.74, 6) is -0.996. The third-order valence-electron chi connectivity index (χ3n) is 5.05. The molecule has 0 unspecified atom stereocenters. The van der Waals surface area contributed by atoms with Crippen LogP contribution in [0.5, 0.6) is 5.75 Å². The van der Waals surface area contributed by atoms with Gasteiger partial charge in [-0.3, -0.25) is 14.4 Å². The predicted octanol–water partition coefficient (Wildman–Crippen LogP) is 3.24. The standard InChI is InChI=1S/C23H26N2O5/c1-4-29-20-9-7-19(8-10-20)25-13-17(12-22(25)27)23(28)30-14-21(26)24-18-6-5-15(2)16(3)11-18/h5-11,17H,4,12-14H2,1-3H3,(H,24,26)/t17-/m0/s1. The second-order valence-electron chi connectivity index (χ2n) is 7.29. The largest absolute Gasteiger partial charge is 0.494 e. The highest BCUT2D eigenvalue weighted by Crippen LogP contribution is 2.27. The highest BCUT2D eigenvalue weighted by atomic mass is 16.5. The first-order valence-electron chi connectivity index (χ1n) is 9.94. The molecular formula is C23H26N2O5. The van der Waals surface area contributed by atoms with E-state index in [9.17, 15) is 14.4 Å². The van der Waals surface area contributed by atoms with Gasteiger partial charge in [0, 0.05) is 24.3 Å². The summed E-state index contributed by atoms with van der Waals surface area (Å²) in [5.41, 5.74) is 3.54. The summed E-state index contributed by atoms with van der Waals surface area (Å²) in [5, 5.41) is 2.71. The molecule has 2 aromatic carbocycles. The molecule has 1 saturated heterocycles. The second kappa shape index (κ2) is 9.43. The Balaban J connectivity index is 1.51. The maximum atomic E-state index is 12.4. The van der Waals surface area contributed by atoms with E-state index >= 15 is 0 Å². The van der Waals surface area contributed by atoms with E-state index < -0.39 is 17.8 Å². The topological polar surface area (TPSA) is 84.9 Å². The lowest BCUT2D eigenvalue weighted by Gasteiger charge is -2.17. The summed E-state index contributed by atoms with van der Waals surface area (Å²) in [7, 11) is 0. The number of rotatable bonds is 7. The van der Waals surface area contributed by atoms with Gasteiger partial charge in [-0.15, -0.1) is 0 Å². The fraction of sp³-hybridized carbons (Fsp3) is 0.348. The molecule has 0 radical (unpaired) electrons. The number of carbonyl (C=O) groups is 3. The van der Waals surface area contributed by atoms with Crippen LogP contribution in [0.15, 0.2) is 42.5 Å². The summed E-state index contributed by atoms with van der Waals surface area (Å²) in [6.07, 6.45) is 0.0603. The number of ether oxygens (including phenoxy) is 2. The molecule has 0 saturated carbocycles. The Hall–Kier alpha value is -3.35. The van der Waals surface area contributed by atoms with Gasteiger partial charge in [-0.05, 0) is 68.3 Å². The van der Waals surface area contributed by atoms with E-state index in [4.69, 9.17) is 9.47 Å². The molecular weight excluding hydrogens is 384 g/mol. The van der Waals surface area contributed by atoms with Crippen molar-refractivity contribution in [1.82, 2.24) is 0 Å². The molecule has 0 aromatic heterocycles. The Kier molecular flexibility index (Phi) is 6.72. The number of amides is 2. The van der Waals surface area contributed by atoms with Crippen molar-refractivity contribution >= 4 is 29.2 Å². The van der Waals surface area contributed by atoms with Gasteiger partial charge in [0.15, 0.2) is 6.61 Å². The van der Waals surface area contributed by atoms with Crippen LogP contribution in [-0.4, -0.2) is 37.5 Å². The van der Waals surface area contributed by atoms with Crippen LogP contribution in [0.4, 0.5) is 11.4 Å². The minimum absolute atomic E-state index is 0.0603. The molecule has 1 fully saturated rings. The Morgan fingerprint density at radius 3 is 2.50 bits per heavy atom. The number of hydrogen-bond acceptors (Lipinski definition) is 5. The third kappa shape index (κ3) is 5.17. The molecule has 0 aliphatic carbocycles. The number of nitrogens with zero attached hydrogens (tertiary/aromatic N) is 1. The van der Waals surface area contributed by atoms with Crippen LogP contribution in [0.3, 0.4) is 0 Å². The van der Waals surface area contributed by atoms with Crippen molar-refractivity contribution in [2.75, 3.05) is 30.0 Å². The molecule has 0 bridgehead atoms. The van der Waals surface area contributed by atoms with Crippen LogP contribution in [0.1, 0.15) is 24.5 Å². The summed E-state index contributed by atoms with van der Waals surface area (Å²) in [4.78, 5) is 38.3. The quantitative estimate of drug-likeness (QED) is 0.709. The summed E-state index contributed by atoms with van der Waals surface area (Å²) in [6.45, 7) is 6.24. The number of esters is 1. The van der Waals surface area contributed by atoms with Crippen molar-refractivity contribution in [2.24, 2.45) is 5.92 Å². The van der Waals surface area contributed by atoms with Crippen molar-refractivity contribution in [1.29, 1.82) is 0 Å². The highest BCUT2D eigenvalue weighted by molar-refractivity contribution is 6.00. The molecule has 2 amide bonds.